The molecule has 2 aromatic rings. The van der Waals surface area contributed by atoms with Crippen molar-refractivity contribution in [2.45, 2.75) is 26.4 Å². The molecule has 0 unspecified atom stereocenters. The van der Waals surface area contributed by atoms with Crippen LogP contribution in [0.5, 0.6) is 0 Å². The minimum atomic E-state index is -0.493. The van der Waals surface area contributed by atoms with Gasteiger partial charge in [0.2, 0.25) is 0 Å². The van der Waals surface area contributed by atoms with Gasteiger partial charge in [-0.25, -0.2) is 4.79 Å². The third-order valence-electron chi connectivity index (χ3n) is 3.09. The fraction of sp³-hybridized carbons (Fsp3) is 0.286. The summed E-state index contributed by atoms with van der Waals surface area (Å²) in [7, 11) is 0. The third kappa shape index (κ3) is 3.25. The van der Waals surface area contributed by atoms with E-state index in [1.165, 1.54) is 29.0 Å². The van der Waals surface area contributed by atoms with Crippen molar-refractivity contribution in [3.8, 4) is 0 Å². The molecule has 7 heteroatoms. The van der Waals surface area contributed by atoms with Gasteiger partial charge < -0.3 is 4.57 Å². The van der Waals surface area contributed by atoms with E-state index in [2.05, 4.69) is 0 Å². The topological polar surface area (TPSA) is 87.1 Å². The number of benzene rings is 1. The zero-order chi connectivity index (χ0) is 15.4. The van der Waals surface area contributed by atoms with Crippen LogP contribution in [-0.2, 0) is 13.1 Å². The summed E-state index contributed by atoms with van der Waals surface area (Å²) >= 11 is 0. The van der Waals surface area contributed by atoms with Gasteiger partial charge in [-0.2, -0.15) is 0 Å². The average molecular weight is 289 g/mol. The lowest BCUT2D eigenvalue weighted by Crippen LogP contribution is -2.39. The van der Waals surface area contributed by atoms with Crippen molar-refractivity contribution in [2.75, 3.05) is 0 Å². The van der Waals surface area contributed by atoms with Gasteiger partial charge in [-0.3, -0.25) is 19.5 Å². The number of nitro groups is 1. The number of non-ortho nitro benzene ring substituents is 1. The van der Waals surface area contributed by atoms with E-state index in [0.29, 0.717) is 12.1 Å². The van der Waals surface area contributed by atoms with Crippen LogP contribution in [0.15, 0.2) is 46.1 Å². The van der Waals surface area contributed by atoms with Crippen molar-refractivity contribution in [1.82, 2.24) is 9.13 Å². The van der Waals surface area contributed by atoms with E-state index in [1.54, 1.807) is 12.1 Å². The second-order valence-corrected chi connectivity index (χ2v) is 4.64. The molecule has 1 aromatic carbocycles. The molecule has 0 saturated heterocycles. The Morgan fingerprint density at radius 3 is 2.38 bits per heavy atom. The van der Waals surface area contributed by atoms with Crippen LogP contribution in [0.1, 0.15) is 18.9 Å². The van der Waals surface area contributed by atoms with Gasteiger partial charge in [0.1, 0.15) is 0 Å². The fourth-order valence-electron chi connectivity index (χ4n) is 2.02. The molecule has 0 N–H and O–H groups in total. The van der Waals surface area contributed by atoms with Crippen LogP contribution in [0.4, 0.5) is 5.69 Å². The highest BCUT2D eigenvalue weighted by Crippen LogP contribution is 2.11. The number of aryl methyl sites for hydroxylation is 1. The van der Waals surface area contributed by atoms with Crippen molar-refractivity contribution < 1.29 is 4.92 Å². The number of aromatic nitrogens is 2. The van der Waals surface area contributed by atoms with Gasteiger partial charge in [0.25, 0.3) is 11.2 Å². The molecule has 1 aromatic heterocycles. The molecule has 0 atom stereocenters. The Balaban J connectivity index is 2.35. The first-order valence-electron chi connectivity index (χ1n) is 6.56. The highest BCUT2D eigenvalue weighted by atomic mass is 16.6. The van der Waals surface area contributed by atoms with E-state index in [9.17, 15) is 19.7 Å². The molecule has 0 amide bonds. The molecule has 110 valence electrons. The number of nitro benzene ring substituents is 1. The van der Waals surface area contributed by atoms with Crippen LogP contribution in [0.25, 0.3) is 0 Å². The lowest BCUT2D eigenvalue weighted by molar-refractivity contribution is -0.384. The molecule has 7 nitrogen and oxygen atoms in total. The first kappa shape index (κ1) is 14.7. The van der Waals surface area contributed by atoms with Crippen LogP contribution >= 0.6 is 0 Å². The zero-order valence-electron chi connectivity index (χ0n) is 11.6. The summed E-state index contributed by atoms with van der Waals surface area (Å²) in [4.78, 5) is 34.1. The summed E-state index contributed by atoms with van der Waals surface area (Å²) in [6.45, 7) is 2.58. The van der Waals surface area contributed by atoms with Crippen LogP contribution in [0.3, 0.4) is 0 Å². The smallest absolute Gasteiger partial charge is 0.300 e. The average Bonchev–Trinajstić information content (AvgIpc) is 2.47. The van der Waals surface area contributed by atoms with Gasteiger partial charge in [-0.05, 0) is 12.0 Å². The molecule has 0 radical (unpaired) electrons. The summed E-state index contributed by atoms with van der Waals surface area (Å²) in [6.07, 6.45) is 2.27. The van der Waals surface area contributed by atoms with Crippen molar-refractivity contribution in [2.24, 2.45) is 0 Å². The van der Waals surface area contributed by atoms with E-state index in [-0.39, 0.29) is 23.5 Å². The lowest BCUT2D eigenvalue weighted by Gasteiger charge is -2.09. The first-order valence-corrected chi connectivity index (χ1v) is 6.56. The monoisotopic (exact) mass is 289 g/mol. The van der Waals surface area contributed by atoms with E-state index in [4.69, 9.17) is 0 Å². The predicted octanol–water partition coefficient (Wildman–Crippen LogP) is 1.38. The minimum absolute atomic E-state index is 0.0254. The molecule has 2 rings (SSSR count). The number of hydrogen-bond acceptors (Lipinski definition) is 4. The second-order valence-electron chi connectivity index (χ2n) is 4.64. The SMILES string of the molecule is CCCn1ccc(=O)n(Cc2ccc([N+](=O)[O-])cc2)c1=O. The Morgan fingerprint density at radius 2 is 1.81 bits per heavy atom. The molecular weight excluding hydrogens is 274 g/mol. The van der Waals surface area contributed by atoms with E-state index < -0.39 is 4.92 Å². The summed E-state index contributed by atoms with van der Waals surface area (Å²) in [5.41, 5.74) is -0.120. The quantitative estimate of drug-likeness (QED) is 0.614. The molecule has 0 aliphatic rings. The standard InChI is InChI=1S/C14H15N3O4/c1-2-8-15-9-7-13(18)16(14(15)19)10-11-3-5-12(6-4-11)17(20)21/h3-7,9H,2,8,10H2,1H3. The van der Waals surface area contributed by atoms with Gasteiger partial charge in [-0.1, -0.05) is 19.1 Å². The fourth-order valence-corrected chi connectivity index (χ4v) is 2.02. The summed E-state index contributed by atoms with van der Waals surface area (Å²) in [6, 6.07) is 7.15. The van der Waals surface area contributed by atoms with E-state index >= 15 is 0 Å². The van der Waals surface area contributed by atoms with Gasteiger partial charge in [0.05, 0.1) is 11.5 Å². The Kier molecular flexibility index (Phi) is 4.32. The Morgan fingerprint density at radius 1 is 1.14 bits per heavy atom. The second kappa shape index (κ2) is 6.17. The molecule has 0 bridgehead atoms. The Bertz CT molecular complexity index is 759. The Labute approximate surface area is 120 Å². The predicted molar refractivity (Wildman–Crippen MR) is 77.5 cm³/mol. The first-order chi connectivity index (χ1) is 10.0. The molecule has 0 fully saturated rings. The minimum Gasteiger partial charge on any atom is -0.300 e. The lowest BCUT2D eigenvalue weighted by atomic mass is 10.2. The van der Waals surface area contributed by atoms with Crippen molar-refractivity contribution >= 4 is 5.69 Å². The molecule has 0 saturated carbocycles. The maximum Gasteiger partial charge on any atom is 0.331 e. The van der Waals surface area contributed by atoms with E-state index in [1.807, 2.05) is 6.92 Å². The van der Waals surface area contributed by atoms with Crippen LogP contribution < -0.4 is 11.2 Å². The van der Waals surface area contributed by atoms with Gasteiger partial charge in [0, 0.05) is 30.9 Å². The van der Waals surface area contributed by atoms with Crippen LogP contribution in [-0.4, -0.2) is 14.1 Å². The highest BCUT2D eigenvalue weighted by molar-refractivity contribution is 5.32. The van der Waals surface area contributed by atoms with E-state index in [0.717, 1.165) is 11.0 Å². The van der Waals surface area contributed by atoms with Crippen molar-refractivity contribution in [3.05, 3.63) is 73.0 Å². The number of rotatable bonds is 5. The molecule has 1 heterocycles. The third-order valence-corrected chi connectivity index (χ3v) is 3.09. The Hall–Kier alpha value is -2.70. The maximum atomic E-state index is 12.2. The van der Waals surface area contributed by atoms with Crippen molar-refractivity contribution in [3.63, 3.8) is 0 Å². The van der Waals surface area contributed by atoms with Gasteiger partial charge >= 0.3 is 5.69 Å². The molecule has 0 aliphatic carbocycles. The normalized spacial score (nSPS) is 10.5. The molecular formula is C14H15N3O4. The van der Waals surface area contributed by atoms with Gasteiger partial charge in [-0.15, -0.1) is 0 Å². The number of nitrogens with zero attached hydrogens (tertiary/aromatic N) is 3. The number of hydrogen-bond donors (Lipinski definition) is 0. The molecule has 0 spiro atoms. The zero-order valence-corrected chi connectivity index (χ0v) is 11.6. The molecule has 0 aliphatic heterocycles. The summed E-state index contributed by atoms with van der Waals surface area (Å²) < 4.78 is 2.60. The summed E-state index contributed by atoms with van der Waals surface area (Å²) in [5.74, 6) is 0. The van der Waals surface area contributed by atoms with Crippen molar-refractivity contribution in [1.29, 1.82) is 0 Å². The largest absolute Gasteiger partial charge is 0.331 e. The summed E-state index contributed by atoms with van der Waals surface area (Å²) in [5, 5.41) is 10.6. The maximum absolute atomic E-state index is 12.2. The molecule has 21 heavy (non-hydrogen) atoms. The van der Waals surface area contributed by atoms with Crippen LogP contribution in [0, 0.1) is 10.1 Å². The van der Waals surface area contributed by atoms with Gasteiger partial charge in [0.15, 0.2) is 0 Å². The van der Waals surface area contributed by atoms with Crippen LogP contribution in [0.2, 0.25) is 0 Å². The highest BCUT2D eigenvalue weighted by Gasteiger charge is 2.08.